The van der Waals surface area contributed by atoms with Crippen molar-refractivity contribution in [3.05, 3.63) is 21.7 Å². The molecule has 0 aliphatic rings. The monoisotopic (exact) mass is 329 g/mol. The molecule has 1 amide bonds. The van der Waals surface area contributed by atoms with Crippen LogP contribution in [0.15, 0.2) is 6.07 Å². The van der Waals surface area contributed by atoms with Crippen molar-refractivity contribution in [1.82, 2.24) is 15.3 Å². The largest absolute Gasteiger partial charge is 0.477 e. The molecule has 2 aromatic rings. The van der Waals surface area contributed by atoms with Crippen LogP contribution in [0, 0.1) is 0 Å². The number of aromatic nitrogens is 2. The fourth-order valence-corrected chi connectivity index (χ4v) is 2.26. The van der Waals surface area contributed by atoms with Gasteiger partial charge in [-0.15, -0.1) is 0 Å². The lowest BCUT2D eigenvalue weighted by molar-refractivity contribution is 0.0957. The maximum Gasteiger partial charge on any atom is 0.278 e. The van der Waals surface area contributed by atoms with Gasteiger partial charge in [-0.3, -0.25) is 4.79 Å². The van der Waals surface area contributed by atoms with Gasteiger partial charge < -0.3 is 14.8 Å². The Morgan fingerprint density at radius 1 is 1.24 bits per heavy atom. The van der Waals surface area contributed by atoms with Crippen molar-refractivity contribution in [1.29, 1.82) is 0 Å². The summed E-state index contributed by atoms with van der Waals surface area (Å²) >= 11 is 12.2. The number of methoxy groups -OCH3 is 2. The van der Waals surface area contributed by atoms with Crippen LogP contribution < -0.4 is 14.8 Å². The lowest BCUT2D eigenvalue weighted by Gasteiger charge is -2.12. The fourth-order valence-electron chi connectivity index (χ4n) is 1.83. The first-order valence-corrected chi connectivity index (χ1v) is 6.85. The summed E-state index contributed by atoms with van der Waals surface area (Å²) in [5.41, 5.74) is 0.853. The highest BCUT2D eigenvalue weighted by Crippen LogP contribution is 2.34. The normalized spacial score (nSPS) is 10.5. The number of carbonyl (C=O) groups is 1. The Hall–Kier alpha value is -1.79. The Morgan fingerprint density at radius 3 is 2.43 bits per heavy atom. The molecule has 0 saturated carbocycles. The summed E-state index contributed by atoms with van der Waals surface area (Å²) in [5.74, 6) is -0.0179. The summed E-state index contributed by atoms with van der Waals surface area (Å²) in [6.45, 7) is 2.25. The summed E-state index contributed by atoms with van der Waals surface area (Å²) in [4.78, 5) is 20.7. The van der Waals surface area contributed by atoms with Gasteiger partial charge in [0.2, 0.25) is 0 Å². The first-order chi connectivity index (χ1) is 10.0. The molecule has 0 aliphatic heterocycles. The van der Waals surface area contributed by atoms with Gasteiger partial charge in [-0.1, -0.05) is 23.2 Å². The quantitative estimate of drug-likeness (QED) is 0.933. The molecular weight excluding hydrogens is 317 g/mol. The number of nitrogens with one attached hydrogen (secondary N) is 1. The number of ether oxygens (including phenoxy) is 2. The van der Waals surface area contributed by atoms with Crippen molar-refractivity contribution < 1.29 is 14.3 Å². The van der Waals surface area contributed by atoms with E-state index in [4.69, 9.17) is 32.7 Å². The van der Waals surface area contributed by atoms with Gasteiger partial charge in [0, 0.05) is 6.54 Å². The molecule has 6 nitrogen and oxygen atoms in total. The maximum absolute atomic E-state index is 12.2. The predicted molar refractivity (Wildman–Crippen MR) is 80.7 cm³/mol. The van der Waals surface area contributed by atoms with Crippen molar-refractivity contribution >= 4 is 40.1 Å². The van der Waals surface area contributed by atoms with Gasteiger partial charge in [-0.25, -0.2) is 9.97 Å². The molecule has 0 atom stereocenters. The van der Waals surface area contributed by atoms with Gasteiger partial charge in [0.15, 0.2) is 0 Å². The minimum atomic E-state index is -0.378. The Morgan fingerprint density at radius 2 is 1.86 bits per heavy atom. The molecule has 1 heterocycles. The number of halogens is 2. The predicted octanol–water partition coefficient (Wildman–Crippen LogP) is 2.70. The molecule has 1 aromatic heterocycles. The van der Waals surface area contributed by atoms with Gasteiger partial charge in [-0.05, 0) is 13.0 Å². The van der Waals surface area contributed by atoms with Crippen LogP contribution in [-0.2, 0) is 0 Å². The molecular formula is C13H13Cl2N3O3. The molecule has 0 unspecified atom stereocenters. The van der Waals surface area contributed by atoms with Crippen LogP contribution in [0.4, 0.5) is 0 Å². The van der Waals surface area contributed by atoms with E-state index in [1.165, 1.54) is 20.3 Å². The van der Waals surface area contributed by atoms with Crippen LogP contribution in [0.25, 0.3) is 11.0 Å². The van der Waals surface area contributed by atoms with Crippen LogP contribution >= 0.6 is 23.2 Å². The van der Waals surface area contributed by atoms with Crippen molar-refractivity contribution in [3.63, 3.8) is 0 Å². The highest BCUT2D eigenvalue weighted by atomic mass is 35.5. The molecule has 1 aromatic carbocycles. The molecule has 2 rings (SSSR count). The lowest BCUT2D eigenvalue weighted by atomic mass is 10.1. The molecule has 1 N–H and O–H groups in total. The maximum atomic E-state index is 12.2. The number of rotatable bonds is 4. The third-order valence-electron chi connectivity index (χ3n) is 2.74. The van der Waals surface area contributed by atoms with Gasteiger partial charge in [0.25, 0.3) is 17.7 Å². The number of benzene rings is 1. The summed E-state index contributed by atoms with van der Waals surface area (Å²) in [7, 11) is 2.88. The first-order valence-electron chi connectivity index (χ1n) is 6.09. The van der Waals surface area contributed by atoms with Crippen LogP contribution in [-0.4, -0.2) is 36.6 Å². The summed E-state index contributed by atoms with van der Waals surface area (Å²) in [6.07, 6.45) is 0. The van der Waals surface area contributed by atoms with E-state index in [0.717, 1.165) is 0 Å². The topological polar surface area (TPSA) is 73.3 Å². The molecule has 0 saturated heterocycles. The summed E-state index contributed by atoms with van der Waals surface area (Å²) in [5, 5.41) is 3.00. The van der Waals surface area contributed by atoms with E-state index in [9.17, 15) is 4.79 Å². The third-order valence-corrected chi connectivity index (χ3v) is 3.53. The Kier molecular flexibility index (Phi) is 4.69. The molecule has 0 fully saturated rings. The standard InChI is InChI=1S/C13H13Cl2N3O3/c1-4-16-11(19)8-9(15)6(14)5-7-10(8)18-13(21-3)12(17-7)20-2/h5H,4H2,1-3H3,(H,16,19). The minimum Gasteiger partial charge on any atom is -0.477 e. The summed E-state index contributed by atoms with van der Waals surface area (Å²) in [6, 6.07) is 1.52. The molecule has 0 spiro atoms. The second-order valence-electron chi connectivity index (χ2n) is 4.02. The highest BCUT2D eigenvalue weighted by molar-refractivity contribution is 6.45. The smallest absolute Gasteiger partial charge is 0.278 e. The van der Waals surface area contributed by atoms with E-state index in [2.05, 4.69) is 15.3 Å². The molecule has 21 heavy (non-hydrogen) atoms. The van der Waals surface area contributed by atoms with Crippen molar-refractivity contribution in [2.75, 3.05) is 20.8 Å². The Bertz CT molecular complexity index is 707. The summed E-state index contributed by atoms with van der Waals surface area (Å²) < 4.78 is 10.2. The molecule has 0 aliphatic carbocycles. The van der Waals surface area contributed by atoms with E-state index in [1.807, 2.05) is 0 Å². The number of amides is 1. The van der Waals surface area contributed by atoms with Crippen LogP contribution in [0.5, 0.6) is 11.8 Å². The minimum absolute atomic E-state index is 0.122. The number of hydrogen-bond donors (Lipinski definition) is 1. The Balaban J connectivity index is 2.81. The zero-order chi connectivity index (χ0) is 15.6. The molecule has 0 radical (unpaired) electrons. The van der Waals surface area contributed by atoms with Gasteiger partial charge in [-0.2, -0.15) is 0 Å². The second kappa shape index (κ2) is 6.32. The SMILES string of the molecule is CCNC(=O)c1c(Cl)c(Cl)cc2nc(OC)c(OC)nc12. The second-order valence-corrected chi connectivity index (χ2v) is 4.80. The lowest BCUT2D eigenvalue weighted by Crippen LogP contribution is -2.23. The number of nitrogens with zero attached hydrogens (tertiary/aromatic N) is 2. The molecule has 0 bridgehead atoms. The fraction of sp³-hybridized carbons (Fsp3) is 0.308. The van der Waals surface area contributed by atoms with E-state index in [0.29, 0.717) is 17.6 Å². The molecule has 112 valence electrons. The zero-order valence-electron chi connectivity index (χ0n) is 11.7. The third kappa shape index (κ3) is 2.82. The van der Waals surface area contributed by atoms with Gasteiger partial charge >= 0.3 is 0 Å². The number of hydrogen-bond acceptors (Lipinski definition) is 5. The zero-order valence-corrected chi connectivity index (χ0v) is 13.2. The van der Waals surface area contributed by atoms with Crippen molar-refractivity contribution in [2.45, 2.75) is 6.92 Å². The number of carbonyl (C=O) groups excluding carboxylic acids is 1. The number of fused-ring (bicyclic) bond motifs is 1. The average molecular weight is 330 g/mol. The van der Waals surface area contributed by atoms with Crippen LogP contribution in [0.3, 0.4) is 0 Å². The average Bonchev–Trinajstić information content (AvgIpc) is 2.47. The van der Waals surface area contributed by atoms with Crippen LogP contribution in [0.1, 0.15) is 17.3 Å². The molecule has 8 heteroatoms. The van der Waals surface area contributed by atoms with Crippen molar-refractivity contribution in [2.24, 2.45) is 0 Å². The van der Waals surface area contributed by atoms with E-state index in [-0.39, 0.29) is 33.3 Å². The van der Waals surface area contributed by atoms with Crippen molar-refractivity contribution in [3.8, 4) is 11.8 Å². The first kappa shape index (κ1) is 15.6. The van der Waals surface area contributed by atoms with Gasteiger partial charge in [0.1, 0.15) is 5.52 Å². The Labute approximate surface area is 131 Å². The highest BCUT2D eigenvalue weighted by Gasteiger charge is 2.21. The van der Waals surface area contributed by atoms with Gasteiger partial charge in [0.05, 0.1) is 35.3 Å². The van der Waals surface area contributed by atoms with Crippen LogP contribution in [0.2, 0.25) is 10.0 Å². The van der Waals surface area contributed by atoms with E-state index < -0.39 is 0 Å². The van der Waals surface area contributed by atoms with E-state index >= 15 is 0 Å². The van der Waals surface area contributed by atoms with E-state index in [1.54, 1.807) is 6.92 Å².